The van der Waals surface area contributed by atoms with Crippen molar-refractivity contribution in [2.24, 2.45) is 5.73 Å². The smallest absolute Gasteiger partial charge is 0.125 e. The molecule has 0 radical (unpaired) electrons. The molecule has 0 aromatic heterocycles. The summed E-state index contributed by atoms with van der Waals surface area (Å²) in [5, 5.41) is 0. The van der Waals surface area contributed by atoms with Crippen molar-refractivity contribution in [3.8, 4) is 0 Å². The summed E-state index contributed by atoms with van der Waals surface area (Å²) in [6.45, 7) is 4.91. The molecular weight excluding hydrogens is 203 g/mol. The van der Waals surface area contributed by atoms with Gasteiger partial charge in [-0.05, 0) is 31.0 Å². The summed E-state index contributed by atoms with van der Waals surface area (Å²) in [5.74, 6) is -0.208. The zero-order chi connectivity index (χ0) is 12.2. The summed E-state index contributed by atoms with van der Waals surface area (Å²) in [6.07, 6.45) is 1.84. The van der Waals surface area contributed by atoms with Gasteiger partial charge in [0, 0.05) is 24.8 Å². The number of hydrogen-bond donors (Lipinski definition) is 1. The molecule has 16 heavy (non-hydrogen) atoms. The quantitative estimate of drug-likeness (QED) is 0.833. The second-order valence-electron chi connectivity index (χ2n) is 4.41. The van der Waals surface area contributed by atoms with E-state index in [9.17, 15) is 4.39 Å². The van der Waals surface area contributed by atoms with Crippen LogP contribution < -0.4 is 10.6 Å². The Labute approximate surface area is 97.3 Å². The van der Waals surface area contributed by atoms with E-state index in [-0.39, 0.29) is 11.4 Å². The van der Waals surface area contributed by atoms with Gasteiger partial charge in [-0.15, -0.1) is 0 Å². The maximum absolute atomic E-state index is 13.1. The number of hydrogen-bond acceptors (Lipinski definition) is 2. The minimum atomic E-state index is -0.208. The molecule has 1 aromatic carbocycles. The lowest BCUT2D eigenvalue weighted by molar-refractivity contribution is 0.400. The van der Waals surface area contributed by atoms with E-state index in [0.717, 1.165) is 25.1 Å². The molecule has 0 aliphatic rings. The van der Waals surface area contributed by atoms with Crippen molar-refractivity contribution < 1.29 is 4.39 Å². The molecule has 1 rings (SSSR count). The zero-order valence-corrected chi connectivity index (χ0v) is 10.3. The number of nitrogens with two attached hydrogens (primary N) is 1. The van der Waals surface area contributed by atoms with Crippen LogP contribution in [0.5, 0.6) is 0 Å². The Kier molecular flexibility index (Phi) is 4.30. The molecule has 0 spiro atoms. The minimum Gasteiger partial charge on any atom is -0.373 e. The van der Waals surface area contributed by atoms with Gasteiger partial charge in [-0.1, -0.05) is 19.9 Å². The number of halogens is 1. The normalized spacial score (nSPS) is 11.6. The molecule has 0 aliphatic heterocycles. The lowest BCUT2D eigenvalue weighted by Gasteiger charge is -2.33. The van der Waals surface area contributed by atoms with Crippen molar-refractivity contribution in [1.82, 2.24) is 0 Å². The third kappa shape index (κ3) is 3.20. The van der Waals surface area contributed by atoms with Crippen molar-refractivity contribution >= 4 is 5.69 Å². The molecule has 0 unspecified atom stereocenters. The average Bonchev–Trinajstić information content (AvgIpc) is 2.29. The predicted octanol–water partition coefficient (Wildman–Crippen LogP) is 2.78. The van der Waals surface area contributed by atoms with Crippen LogP contribution in [-0.4, -0.2) is 19.1 Å². The Morgan fingerprint density at radius 2 is 1.94 bits per heavy atom. The summed E-state index contributed by atoms with van der Waals surface area (Å²) in [5.41, 5.74) is 6.92. The molecule has 0 saturated carbocycles. The second-order valence-corrected chi connectivity index (χ2v) is 4.41. The number of rotatable bonds is 5. The summed E-state index contributed by atoms with van der Waals surface area (Å²) in [7, 11) is 1.95. The van der Waals surface area contributed by atoms with E-state index in [1.54, 1.807) is 6.07 Å². The van der Waals surface area contributed by atoms with Gasteiger partial charge in [0.1, 0.15) is 5.82 Å². The van der Waals surface area contributed by atoms with E-state index < -0.39 is 0 Å². The van der Waals surface area contributed by atoms with Crippen LogP contribution in [0, 0.1) is 5.82 Å². The largest absolute Gasteiger partial charge is 0.373 e. The fraction of sp³-hybridized carbons (Fsp3) is 0.538. The van der Waals surface area contributed by atoms with Crippen molar-refractivity contribution in [2.75, 3.05) is 18.5 Å². The summed E-state index contributed by atoms with van der Waals surface area (Å²) in [6, 6.07) is 6.60. The molecule has 0 atom stereocenters. The van der Waals surface area contributed by atoms with Crippen molar-refractivity contribution in [3.05, 3.63) is 30.1 Å². The fourth-order valence-electron chi connectivity index (χ4n) is 1.75. The third-order valence-corrected chi connectivity index (χ3v) is 3.21. The molecule has 0 aliphatic carbocycles. The van der Waals surface area contributed by atoms with E-state index in [0.29, 0.717) is 0 Å². The first-order chi connectivity index (χ1) is 7.50. The predicted molar refractivity (Wildman–Crippen MR) is 67.2 cm³/mol. The van der Waals surface area contributed by atoms with Gasteiger partial charge < -0.3 is 10.6 Å². The standard InChI is InChI=1S/C13H21FN2/c1-4-13(15,5-2)10-16(3)12-8-6-7-11(14)9-12/h6-9H,4-5,10,15H2,1-3H3. The molecule has 90 valence electrons. The van der Waals surface area contributed by atoms with Gasteiger partial charge in [-0.3, -0.25) is 0 Å². The van der Waals surface area contributed by atoms with E-state index in [4.69, 9.17) is 5.73 Å². The van der Waals surface area contributed by atoms with Crippen LogP contribution in [0.2, 0.25) is 0 Å². The molecule has 2 nitrogen and oxygen atoms in total. The highest BCUT2D eigenvalue weighted by molar-refractivity contribution is 5.46. The van der Waals surface area contributed by atoms with Crippen LogP contribution in [0.15, 0.2) is 24.3 Å². The van der Waals surface area contributed by atoms with E-state index in [1.165, 1.54) is 12.1 Å². The fourth-order valence-corrected chi connectivity index (χ4v) is 1.75. The molecule has 1 aromatic rings. The molecule has 0 heterocycles. The maximum atomic E-state index is 13.1. The highest BCUT2D eigenvalue weighted by Crippen LogP contribution is 2.19. The summed E-state index contributed by atoms with van der Waals surface area (Å²) < 4.78 is 13.1. The zero-order valence-electron chi connectivity index (χ0n) is 10.3. The SMILES string of the molecule is CCC(N)(CC)CN(C)c1cccc(F)c1. The molecule has 0 saturated heterocycles. The van der Waals surface area contributed by atoms with Crippen LogP contribution in [0.25, 0.3) is 0 Å². The van der Waals surface area contributed by atoms with Crippen molar-refractivity contribution in [3.63, 3.8) is 0 Å². The van der Waals surface area contributed by atoms with Gasteiger partial charge in [0.2, 0.25) is 0 Å². The van der Waals surface area contributed by atoms with E-state index >= 15 is 0 Å². The highest BCUT2D eigenvalue weighted by Gasteiger charge is 2.22. The monoisotopic (exact) mass is 224 g/mol. The lowest BCUT2D eigenvalue weighted by atomic mass is 9.93. The Morgan fingerprint density at radius 3 is 2.44 bits per heavy atom. The Balaban J connectivity index is 2.75. The Hall–Kier alpha value is -1.09. The topological polar surface area (TPSA) is 29.3 Å². The Morgan fingerprint density at radius 1 is 1.31 bits per heavy atom. The van der Waals surface area contributed by atoms with Gasteiger partial charge in [0.05, 0.1) is 0 Å². The molecule has 0 bridgehead atoms. The maximum Gasteiger partial charge on any atom is 0.125 e. The van der Waals surface area contributed by atoms with Crippen LogP contribution >= 0.6 is 0 Å². The lowest BCUT2D eigenvalue weighted by Crippen LogP contribution is -2.48. The average molecular weight is 224 g/mol. The second kappa shape index (κ2) is 5.30. The van der Waals surface area contributed by atoms with Crippen LogP contribution in [-0.2, 0) is 0 Å². The first-order valence-corrected chi connectivity index (χ1v) is 5.76. The van der Waals surface area contributed by atoms with Gasteiger partial charge >= 0.3 is 0 Å². The minimum absolute atomic E-state index is 0.193. The van der Waals surface area contributed by atoms with Gasteiger partial charge in [-0.2, -0.15) is 0 Å². The number of likely N-dealkylation sites (N-methyl/N-ethyl adjacent to an activating group) is 1. The van der Waals surface area contributed by atoms with Gasteiger partial charge in [0.15, 0.2) is 0 Å². The van der Waals surface area contributed by atoms with Crippen LogP contribution in [0.1, 0.15) is 26.7 Å². The summed E-state index contributed by atoms with van der Waals surface area (Å²) >= 11 is 0. The molecule has 2 N–H and O–H groups in total. The number of benzene rings is 1. The molecular formula is C13H21FN2. The van der Waals surface area contributed by atoms with Crippen LogP contribution in [0.4, 0.5) is 10.1 Å². The van der Waals surface area contributed by atoms with Crippen molar-refractivity contribution in [1.29, 1.82) is 0 Å². The van der Waals surface area contributed by atoms with Gasteiger partial charge in [-0.25, -0.2) is 4.39 Å². The summed E-state index contributed by atoms with van der Waals surface area (Å²) in [4.78, 5) is 2.01. The van der Waals surface area contributed by atoms with Gasteiger partial charge in [0.25, 0.3) is 0 Å². The van der Waals surface area contributed by atoms with E-state index in [1.807, 2.05) is 18.0 Å². The Bertz CT molecular complexity index is 334. The third-order valence-electron chi connectivity index (χ3n) is 3.21. The first-order valence-electron chi connectivity index (χ1n) is 5.76. The van der Waals surface area contributed by atoms with E-state index in [2.05, 4.69) is 13.8 Å². The number of nitrogens with zero attached hydrogens (tertiary/aromatic N) is 1. The van der Waals surface area contributed by atoms with Crippen molar-refractivity contribution in [2.45, 2.75) is 32.2 Å². The highest BCUT2D eigenvalue weighted by atomic mass is 19.1. The van der Waals surface area contributed by atoms with Crippen LogP contribution in [0.3, 0.4) is 0 Å². The molecule has 0 amide bonds. The number of anilines is 1. The molecule has 0 fully saturated rings. The first kappa shape index (κ1) is 13.0. The molecule has 3 heteroatoms.